The lowest BCUT2D eigenvalue weighted by atomic mass is 10.3. The van der Waals surface area contributed by atoms with E-state index in [1.807, 2.05) is 43.3 Å². The first-order chi connectivity index (χ1) is 14.6. The van der Waals surface area contributed by atoms with Gasteiger partial charge in [-0.05, 0) is 43.3 Å². The van der Waals surface area contributed by atoms with Crippen molar-refractivity contribution in [2.24, 2.45) is 0 Å². The van der Waals surface area contributed by atoms with Gasteiger partial charge in [-0.1, -0.05) is 17.8 Å². The fourth-order valence-electron chi connectivity index (χ4n) is 2.57. The number of nitrogens with zero attached hydrogens (tertiary/aromatic N) is 3. The molecule has 9 nitrogen and oxygen atoms in total. The highest BCUT2D eigenvalue weighted by Crippen LogP contribution is 2.20. The van der Waals surface area contributed by atoms with Gasteiger partial charge >= 0.3 is 0 Å². The molecule has 1 heterocycles. The number of anilines is 2. The van der Waals surface area contributed by atoms with E-state index in [1.165, 1.54) is 16.4 Å². The molecule has 158 valence electrons. The number of nitrogens with two attached hydrogens (primary N) is 1. The Hall–Kier alpha value is -3.40. The minimum absolute atomic E-state index is 0.153. The van der Waals surface area contributed by atoms with E-state index in [0.29, 0.717) is 35.6 Å². The highest BCUT2D eigenvalue weighted by molar-refractivity contribution is 7.99. The average Bonchev–Trinajstić information content (AvgIpc) is 3.11. The predicted molar refractivity (Wildman–Crippen MR) is 117 cm³/mol. The SMILES string of the molecule is CCOc1cccc(NC(=O)CSc2nnc(CNc3ccc(OC)cc3)n2N)c1. The Kier molecular flexibility index (Phi) is 7.39. The lowest BCUT2D eigenvalue weighted by Crippen LogP contribution is -2.18. The number of hydrogen-bond acceptors (Lipinski definition) is 8. The number of ether oxygens (including phenoxy) is 2. The second-order valence-electron chi connectivity index (χ2n) is 6.15. The number of carbonyl (C=O) groups excluding carboxylic acids is 1. The number of amides is 1. The summed E-state index contributed by atoms with van der Waals surface area (Å²) >= 11 is 1.21. The first-order valence-corrected chi connectivity index (χ1v) is 10.3. The van der Waals surface area contributed by atoms with E-state index >= 15 is 0 Å². The second kappa shape index (κ2) is 10.4. The minimum atomic E-state index is -0.172. The van der Waals surface area contributed by atoms with Gasteiger partial charge in [0.2, 0.25) is 11.1 Å². The maximum absolute atomic E-state index is 12.2. The molecule has 1 amide bonds. The molecular weight excluding hydrogens is 404 g/mol. The van der Waals surface area contributed by atoms with Crippen molar-refractivity contribution >= 4 is 29.0 Å². The van der Waals surface area contributed by atoms with Crippen molar-refractivity contribution < 1.29 is 14.3 Å². The molecule has 0 aliphatic heterocycles. The van der Waals surface area contributed by atoms with Crippen molar-refractivity contribution in [3.8, 4) is 11.5 Å². The van der Waals surface area contributed by atoms with Crippen LogP contribution in [0.15, 0.2) is 53.7 Å². The van der Waals surface area contributed by atoms with Crippen molar-refractivity contribution in [3.05, 3.63) is 54.4 Å². The van der Waals surface area contributed by atoms with Crippen molar-refractivity contribution in [1.82, 2.24) is 14.9 Å². The first kappa shape index (κ1) is 21.3. The van der Waals surface area contributed by atoms with Gasteiger partial charge in [-0.3, -0.25) is 4.79 Å². The number of aromatic nitrogens is 3. The third-order valence-corrected chi connectivity index (χ3v) is 4.98. The summed E-state index contributed by atoms with van der Waals surface area (Å²) < 4.78 is 12.0. The Morgan fingerprint density at radius 3 is 2.67 bits per heavy atom. The van der Waals surface area contributed by atoms with Crippen LogP contribution in [0.5, 0.6) is 11.5 Å². The Labute approximate surface area is 178 Å². The molecule has 0 saturated carbocycles. The van der Waals surface area contributed by atoms with Crippen LogP contribution in [-0.2, 0) is 11.3 Å². The number of hydrogen-bond donors (Lipinski definition) is 3. The molecule has 0 saturated heterocycles. The maximum atomic E-state index is 12.2. The molecule has 3 aromatic rings. The number of carbonyl (C=O) groups is 1. The highest BCUT2D eigenvalue weighted by Gasteiger charge is 2.12. The summed E-state index contributed by atoms with van der Waals surface area (Å²) in [4.78, 5) is 12.2. The summed E-state index contributed by atoms with van der Waals surface area (Å²) in [6, 6.07) is 14.8. The van der Waals surface area contributed by atoms with Gasteiger partial charge in [0.15, 0.2) is 5.82 Å². The van der Waals surface area contributed by atoms with Gasteiger partial charge in [0.1, 0.15) is 11.5 Å². The Bertz CT molecular complexity index is 977. The van der Waals surface area contributed by atoms with Gasteiger partial charge in [-0.25, -0.2) is 4.68 Å². The van der Waals surface area contributed by atoms with E-state index < -0.39 is 0 Å². The summed E-state index contributed by atoms with van der Waals surface area (Å²) in [5.74, 6) is 8.09. The highest BCUT2D eigenvalue weighted by atomic mass is 32.2. The molecule has 3 rings (SSSR count). The molecule has 0 aliphatic carbocycles. The molecule has 1 aromatic heterocycles. The summed E-state index contributed by atoms with van der Waals surface area (Å²) in [6.07, 6.45) is 0. The van der Waals surface area contributed by atoms with Crippen LogP contribution in [0.25, 0.3) is 0 Å². The van der Waals surface area contributed by atoms with E-state index in [0.717, 1.165) is 11.4 Å². The van der Waals surface area contributed by atoms with Crippen LogP contribution >= 0.6 is 11.8 Å². The molecule has 0 fully saturated rings. The van der Waals surface area contributed by atoms with Crippen molar-refractivity contribution in [1.29, 1.82) is 0 Å². The molecule has 30 heavy (non-hydrogen) atoms. The van der Waals surface area contributed by atoms with Crippen LogP contribution in [0, 0.1) is 0 Å². The zero-order chi connectivity index (χ0) is 21.3. The van der Waals surface area contributed by atoms with Crippen LogP contribution in [0.2, 0.25) is 0 Å². The molecule has 0 aliphatic rings. The minimum Gasteiger partial charge on any atom is -0.497 e. The fourth-order valence-corrected chi connectivity index (χ4v) is 3.25. The third kappa shape index (κ3) is 5.80. The molecule has 10 heteroatoms. The summed E-state index contributed by atoms with van der Waals surface area (Å²) in [6.45, 7) is 2.87. The number of methoxy groups -OCH3 is 1. The predicted octanol–water partition coefficient (Wildman–Crippen LogP) is 2.74. The lowest BCUT2D eigenvalue weighted by molar-refractivity contribution is -0.113. The van der Waals surface area contributed by atoms with Crippen molar-refractivity contribution in [2.45, 2.75) is 18.6 Å². The Balaban J connectivity index is 1.50. The number of rotatable bonds is 10. The van der Waals surface area contributed by atoms with Crippen LogP contribution < -0.4 is 25.9 Å². The van der Waals surface area contributed by atoms with Crippen molar-refractivity contribution in [2.75, 3.05) is 35.9 Å². The zero-order valence-corrected chi connectivity index (χ0v) is 17.6. The fraction of sp³-hybridized carbons (Fsp3) is 0.250. The molecule has 0 radical (unpaired) electrons. The lowest BCUT2D eigenvalue weighted by Gasteiger charge is -2.08. The summed E-state index contributed by atoms with van der Waals surface area (Å²) in [7, 11) is 1.62. The summed E-state index contributed by atoms with van der Waals surface area (Å²) in [5, 5.41) is 14.7. The Morgan fingerprint density at radius 2 is 1.93 bits per heavy atom. The van der Waals surface area contributed by atoms with E-state index in [-0.39, 0.29) is 11.7 Å². The zero-order valence-electron chi connectivity index (χ0n) is 16.8. The van der Waals surface area contributed by atoms with E-state index in [9.17, 15) is 4.79 Å². The molecule has 0 spiro atoms. The van der Waals surface area contributed by atoms with Gasteiger partial charge < -0.3 is 25.9 Å². The van der Waals surface area contributed by atoms with E-state index in [2.05, 4.69) is 20.8 Å². The normalized spacial score (nSPS) is 10.5. The van der Waals surface area contributed by atoms with Gasteiger partial charge in [0, 0.05) is 17.4 Å². The number of nitrogen functional groups attached to an aromatic ring is 1. The average molecular weight is 429 g/mol. The van der Waals surface area contributed by atoms with E-state index in [4.69, 9.17) is 15.3 Å². The van der Waals surface area contributed by atoms with Gasteiger partial charge in [-0.2, -0.15) is 0 Å². The standard InChI is InChI=1S/C20H24N6O3S/c1-3-29-17-6-4-5-15(11-17)23-19(27)13-30-20-25-24-18(26(20)21)12-22-14-7-9-16(28-2)10-8-14/h4-11,22H,3,12-13,21H2,1-2H3,(H,23,27). The van der Waals surface area contributed by atoms with Gasteiger partial charge in [0.05, 0.1) is 26.0 Å². The van der Waals surface area contributed by atoms with Gasteiger partial charge in [0.25, 0.3) is 0 Å². The quantitative estimate of drug-likeness (QED) is 0.333. The topological polar surface area (TPSA) is 116 Å². The second-order valence-corrected chi connectivity index (χ2v) is 7.09. The van der Waals surface area contributed by atoms with Crippen LogP contribution in [0.4, 0.5) is 11.4 Å². The van der Waals surface area contributed by atoms with Gasteiger partial charge in [-0.15, -0.1) is 10.2 Å². The van der Waals surface area contributed by atoms with Crippen LogP contribution in [0.3, 0.4) is 0 Å². The number of nitrogens with one attached hydrogen (secondary N) is 2. The Morgan fingerprint density at radius 1 is 1.13 bits per heavy atom. The molecule has 4 N–H and O–H groups in total. The summed E-state index contributed by atoms with van der Waals surface area (Å²) in [5.41, 5.74) is 1.58. The third-order valence-electron chi connectivity index (χ3n) is 4.04. The monoisotopic (exact) mass is 428 g/mol. The first-order valence-electron chi connectivity index (χ1n) is 9.32. The maximum Gasteiger partial charge on any atom is 0.234 e. The molecule has 0 bridgehead atoms. The smallest absolute Gasteiger partial charge is 0.234 e. The molecule has 0 atom stereocenters. The molecular formula is C20H24N6O3S. The number of thioether (sulfide) groups is 1. The number of benzene rings is 2. The van der Waals surface area contributed by atoms with Crippen molar-refractivity contribution in [3.63, 3.8) is 0 Å². The van der Waals surface area contributed by atoms with Crippen LogP contribution in [-0.4, -0.2) is 40.3 Å². The van der Waals surface area contributed by atoms with E-state index in [1.54, 1.807) is 19.2 Å². The van der Waals surface area contributed by atoms with Crippen LogP contribution in [0.1, 0.15) is 12.7 Å². The largest absolute Gasteiger partial charge is 0.497 e. The molecule has 2 aromatic carbocycles. The molecule has 0 unspecified atom stereocenters.